The zero-order valence-corrected chi connectivity index (χ0v) is 67.8. The van der Waals surface area contributed by atoms with Crippen LogP contribution in [-0.2, 0) is 0 Å². The van der Waals surface area contributed by atoms with Gasteiger partial charge in [-0.05, 0) is 258 Å². The molecule has 0 aromatic heterocycles. The summed E-state index contributed by atoms with van der Waals surface area (Å²) in [5.41, 5.74) is 32.7. The summed E-state index contributed by atoms with van der Waals surface area (Å²) in [7, 11) is 0. The molecule has 4 nitrogen and oxygen atoms in total. The van der Waals surface area contributed by atoms with Crippen molar-refractivity contribution in [3.8, 4) is 0 Å². The largest absolute Gasteiger partial charge is 0.311 e. The molecule has 0 saturated carbocycles. The Bertz CT molecular complexity index is 5000. The molecule has 0 amide bonds. The number of aryl methyl sites for hydroxylation is 8. The van der Waals surface area contributed by atoms with E-state index < -0.39 is 0 Å². The summed E-state index contributed by atoms with van der Waals surface area (Å²) in [6.07, 6.45) is 34.3. The van der Waals surface area contributed by atoms with Gasteiger partial charge < -0.3 is 19.6 Å². The Labute approximate surface area is 688 Å². The summed E-state index contributed by atoms with van der Waals surface area (Å²) in [6, 6.07) is 127. The van der Waals surface area contributed by atoms with Crippen molar-refractivity contribution in [2.24, 2.45) is 10.8 Å². The average molecular weight is 1500 g/mol. The second-order valence-corrected chi connectivity index (χ2v) is 31.1. The van der Waals surface area contributed by atoms with E-state index in [2.05, 4.69) is 512 Å². The SMILES string of the molecule is Cc1ccc(N(c2ccc(C)cc2)c2ccc(C=CC3(C=Cc4ccc(N(c5ccc(C)cc5)c5ccc(C)cc5)cc4)C=CC(c4ccccc4)=CC3)cc2)cc1.Cc1ccc(N(c2ccc(C)cc2)c2ccc(C=CC3(C=Cc4ccc(N(c5ccc(C)cc5)c5ccc(C)cc5)cc4)C=CC(c4ccccc4)=CC3)cc2)cc1. The van der Waals surface area contributed by atoms with Gasteiger partial charge in [0.25, 0.3) is 0 Å². The molecule has 0 spiro atoms. The molecule has 0 atom stereocenters. The van der Waals surface area contributed by atoms with E-state index in [9.17, 15) is 0 Å². The lowest BCUT2D eigenvalue weighted by Gasteiger charge is -2.27. The molecule has 0 heterocycles. The molecule has 4 heteroatoms. The van der Waals surface area contributed by atoms with E-state index in [0.717, 1.165) is 103 Å². The van der Waals surface area contributed by atoms with Crippen LogP contribution in [0.5, 0.6) is 0 Å². The fraction of sp³-hybridized carbons (Fsp3) is 0.107. The van der Waals surface area contributed by atoms with E-state index in [4.69, 9.17) is 0 Å². The first-order valence-corrected chi connectivity index (χ1v) is 40.4. The van der Waals surface area contributed by atoms with Gasteiger partial charge in [-0.3, -0.25) is 0 Å². The van der Waals surface area contributed by atoms with Crippen LogP contribution in [-0.4, -0.2) is 0 Å². The van der Waals surface area contributed by atoms with Crippen molar-refractivity contribution in [1.29, 1.82) is 0 Å². The number of rotatable bonds is 22. The molecule has 0 saturated heterocycles. The average Bonchev–Trinajstić information content (AvgIpc) is 0.837. The van der Waals surface area contributed by atoms with Crippen LogP contribution in [0.25, 0.3) is 35.5 Å². The molecule has 14 aromatic rings. The number of anilines is 12. The molecule has 14 aromatic carbocycles. The molecule has 16 rings (SSSR count). The van der Waals surface area contributed by atoms with Crippen LogP contribution < -0.4 is 19.6 Å². The van der Waals surface area contributed by atoms with E-state index in [1.807, 2.05) is 0 Å². The Morgan fingerprint density at radius 3 is 0.517 bits per heavy atom. The summed E-state index contributed by atoms with van der Waals surface area (Å²) >= 11 is 0. The number of hydrogen-bond acceptors (Lipinski definition) is 4. The first kappa shape index (κ1) is 77.5. The van der Waals surface area contributed by atoms with Crippen LogP contribution in [0, 0.1) is 66.2 Å². The molecule has 2 aliphatic rings. The van der Waals surface area contributed by atoms with Crippen LogP contribution >= 0.6 is 0 Å². The lowest BCUT2D eigenvalue weighted by molar-refractivity contribution is 0.642. The minimum atomic E-state index is -0.290. The van der Waals surface area contributed by atoms with E-state index in [1.165, 1.54) is 66.8 Å². The van der Waals surface area contributed by atoms with Gasteiger partial charge in [0.15, 0.2) is 0 Å². The van der Waals surface area contributed by atoms with Crippen LogP contribution in [0.1, 0.15) is 90.7 Å². The van der Waals surface area contributed by atoms with Crippen molar-refractivity contribution in [2.45, 2.75) is 68.2 Å². The highest BCUT2D eigenvalue weighted by Crippen LogP contribution is 2.44. The molecule has 116 heavy (non-hydrogen) atoms. The number of allylic oxidation sites excluding steroid dienone is 12. The summed E-state index contributed by atoms with van der Waals surface area (Å²) in [5.74, 6) is 0. The van der Waals surface area contributed by atoms with Gasteiger partial charge in [-0.2, -0.15) is 0 Å². The highest BCUT2D eigenvalue weighted by molar-refractivity contribution is 5.84. The number of benzene rings is 14. The van der Waals surface area contributed by atoms with Gasteiger partial charge in [0.05, 0.1) is 0 Å². The highest BCUT2D eigenvalue weighted by Gasteiger charge is 2.26. The third-order valence-electron chi connectivity index (χ3n) is 22.0. The predicted molar refractivity (Wildman–Crippen MR) is 500 cm³/mol. The summed E-state index contributed by atoms with van der Waals surface area (Å²) in [6.45, 7) is 17.1. The fourth-order valence-corrected chi connectivity index (χ4v) is 14.9. The van der Waals surface area contributed by atoms with Gasteiger partial charge in [0.2, 0.25) is 0 Å². The van der Waals surface area contributed by atoms with Crippen LogP contribution in [0.2, 0.25) is 0 Å². The number of nitrogens with zero attached hydrogens (tertiary/aromatic N) is 4. The van der Waals surface area contributed by atoms with E-state index in [0.29, 0.717) is 0 Å². The lowest BCUT2D eigenvalue weighted by atomic mass is 9.78. The molecule has 0 radical (unpaired) electrons. The molecular formula is C112H100N4. The Hall–Kier alpha value is -13.8. The van der Waals surface area contributed by atoms with Gasteiger partial charge in [0.1, 0.15) is 0 Å². The van der Waals surface area contributed by atoms with Crippen LogP contribution in [0.15, 0.2) is 413 Å². The highest BCUT2D eigenvalue weighted by atomic mass is 15.2. The molecule has 0 aliphatic heterocycles. The minimum absolute atomic E-state index is 0.290. The quantitative estimate of drug-likeness (QED) is 0.0670. The summed E-state index contributed by atoms with van der Waals surface area (Å²) < 4.78 is 0. The summed E-state index contributed by atoms with van der Waals surface area (Å²) in [4.78, 5) is 9.29. The van der Waals surface area contributed by atoms with Crippen molar-refractivity contribution >= 4 is 104 Å². The van der Waals surface area contributed by atoms with E-state index in [-0.39, 0.29) is 10.8 Å². The first-order chi connectivity index (χ1) is 56.6. The second-order valence-electron chi connectivity index (χ2n) is 31.1. The van der Waals surface area contributed by atoms with E-state index >= 15 is 0 Å². The topological polar surface area (TPSA) is 13.0 Å². The van der Waals surface area contributed by atoms with Gasteiger partial charge in [-0.15, -0.1) is 0 Å². The molecule has 568 valence electrons. The fourth-order valence-electron chi connectivity index (χ4n) is 14.9. The van der Waals surface area contributed by atoms with Crippen molar-refractivity contribution in [2.75, 3.05) is 19.6 Å². The first-order valence-electron chi connectivity index (χ1n) is 40.4. The van der Waals surface area contributed by atoms with Crippen LogP contribution in [0.3, 0.4) is 0 Å². The molecular weight excluding hydrogens is 1400 g/mol. The Morgan fingerprint density at radius 1 is 0.198 bits per heavy atom. The molecule has 2 aliphatic carbocycles. The molecule has 0 bridgehead atoms. The van der Waals surface area contributed by atoms with Crippen molar-refractivity contribution in [3.05, 3.63) is 490 Å². The molecule has 0 fully saturated rings. The Kier molecular flexibility index (Phi) is 24.0. The van der Waals surface area contributed by atoms with E-state index in [1.54, 1.807) is 0 Å². The lowest BCUT2D eigenvalue weighted by Crippen LogP contribution is -2.13. The predicted octanol–water partition coefficient (Wildman–Crippen LogP) is 31.2. The smallest absolute Gasteiger partial charge is 0.0462 e. The van der Waals surface area contributed by atoms with Gasteiger partial charge in [0, 0.05) is 79.1 Å². The zero-order valence-electron chi connectivity index (χ0n) is 67.8. The van der Waals surface area contributed by atoms with Gasteiger partial charge in [-0.1, -0.05) is 336 Å². The third-order valence-corrected chi connectivity index (χ3v) is 22.0. The van der Waals surface area contributed by atoms with Crippen molar-refractivity contribution < 1.29 is 0 Å². The molecule has 0 unspecified atom stereocenters. The maximum atomic E-state index is 2.37. The monoisotopic (exact) mass is 1500 g/mol. The third kappa shape index (κ3) is 19.3. The Balaban J connectivity index is 0.000000182. The summed E-state index contributed by atoms with van der Waals surface area (Å²) in [5, 5.41) is 0. The normalized spacial score (nSPS) is 15.1. The van der Waals surface area contributed by atoms with Crippen molar-refractivity contribution in [1.82, 2.24) is 0 Å². The standard InChI is InChI=1S/2C56H50N2/c2*1-42-10-22-50(23-11-42)57(51-24-12-43(2)13-25-51)54-30-18-46(19-31-54)34-38-56(40-36-49(37-41-56)48-8-6-5-7-9-48)39-35-47-20-32-55(33-21-47)58(52-26-14-44(3)15-27-52)53-28-16-45(4)17-29-53/h2*5-40H,41H2,1-4H3. The maximum Gasteiger partial charge on any atom is 0.0462 e. The zero-order chi connectivity index (χ0) is 79.8. The Morgan fingerprint density at radius 2 is 0.362 bits per heavy atom. The van der Waals surface area contributed by atoms with Crippen molar-refractivity contribution in [3.63, 3.8) is 0 Å². The minimum Gasteiger partial charge on any atom is -0.311 e. The number of hydrogen-bond donors (Lipinski definition) is 0. The maximum absolute atomic E-state index is 2.37. The molecule has 0 N–H and O–H groups in total. The van der Waals surface area contributed by atoms with Crippen LogP contribution in [0.4, 0.5) is 68.2 Å². The second kappa shape index (κ2) is 35.9. The van der Waals surface area contributed by atoms with Gasteiger partial charge >= 0.3 is 0 Å². The van der Waals surface area contributed by atoms with Gasteiger partial charge in [-0.25, -0.2) is 0 Å².